The summed E-state index contributed by atoms with van der Waals surface area (Å²) in [6, 6.07) is 5.51. The average Bonchev–Trinajstić information content (AvgIpc) is 2.56. The lowest BCUT2D eigenvalue weighted by atomic mass is 9.70. The number of rotatable bonds is 6. The molecule has 0 spiro atoms. The van der Waals surface area contributed by atoms with Gasteiger partial charge in [-0.25, -0.2) is 4.39 Å². The third-order valence-electron chi connectivity index (χ3n) is 5.06. The summed E-state index contributed by atoms with van der Waals surface area (Å²) in [5.41, 5.74) is -0.878. The van der Waals surface area contributed by atoms with Crippen molar-refractivity contribution in [1.29, 1.82) is 0 Å². The lowest BCUT2D eigenvalue weighted by Crippen LogP contribution is -2.54. The Bertz CT molecular complexity index is 553. The van der Waals surface area contributed by atoms with Crippen molar-refractivity contribution in [2.75, 3.05) is 26.4 Å². The van der Waals surface area contributed by atoms with Gasteiger partial charge in [0.05, 0.1) is 18.1 Å². The predicted octanol–water partition coefficient (Wildman–Crippen LogP) is 1.59. The van der Waals surface area contributed by atoms with Crippen LogP contribution in [0.4, 0.5) is 4.39 Å². The van der Waals surface area contributed by atoms with Crippen LogP contribution in [0.2, 0.25) is 0 Å². The van der Waals surface area contributed by atoms with Crippen molar-refractivity contribution in [3.8, 4) is 0 Å². The molecule has 1 aliphatic rings. The maximum atomic E-state index is 13.0. The first kappa shape index (κ1) is 18.8. The topological polar surface area (TPSA) is 78.8 Å². The number of amides is 1. The van der Waals surface area contributed by atoms with E-state index in [2.05, 4.69) is 5.32 Å². The van der Waals surface area contributed by atoms with Crippen LogP contribution >= 0.6 is 0 Å². The van der Waals surface area contributed by atoms with Gasteiger partial charge in [0.25, 0.3) is 0 Å². The van der Waals surface area contributed by atoms with Crippen molar-refractivity contribution in [2.24, 2.45) is 5.41 Å². The zero-order chi connectivity index (χ0) is 17.8. The molecular weight excluding hydrogens is 313 g/mol. The second-order valence-corrected chi connectivity index (χ2v) is 7.03. The summed E-state index contributed by atoms with van der Waals surface area (Å²) in [4.78, 5) is 12.4. The first-order valence-corrected chi connectivity index (χ1v) is 8.23. The van der Waals surface area contributed by atoms with Crippen LogP contribution in [-0.4, -0.2) is 48.1 Å². The van der Waals surface area contributed by atoms with E-state index in [1.54, 1.807) is 0 Å². The maximum Gasteiger partial charge on any atom is 0.229 e. The van der Waals surface area contributed by atoms with Gasteiger partial charge in [0.1, 0.15) is 5.82 Å². The Morgan fingerprint density at radius 1 is 1.33 bits per heavy atom. The highest BCUT2D eigenvalue weighted by Crippen LogP contribution is 2.38. The summed E-state index contributed by atoms with van der Waals surface area (Å²) >= 11 is 0. The zero-order valence-electron chi connectivity index (χ0n) is 14.2. The van der Waals surface area contributed by atoms with Crippen molar-refractivity contribution >= 4 is 5.91 Å². The second kappa shape index (κ2) is 7.59. The molecule has 1 fully saturated rings. The summed E-state index contributed by atoms with van der Waals surface area (Å²) in [5.74, 6) is -1.49. The van der Waals surface area contributed by atoms with Crippen LogP contribution in [-0.2, 0) is 9.53 Å². The quantitative estimate of drug-likeness (QED) is 0.735. The number of hydrogen-bond acceptors (Lipinski definition) is 4. The summed E-state index contributed by atoms with van der Waals surface area (Å²) in [5, 5.41) is 23.2. The van der Waals surface area contributed by atoms with Crippen LogP contribution < -0.4 is 5.32 Å². The van der Waals surface area contributed by atoms with E-state index in [0.717, 1.165) is 0 Å². The smallest absolute Gasteiger partial charge is 0.229 e. The molecule has 3 N–H and O–H groups in total. The average molecular weight is 339 g/mol. The molecule has 0 aliphatic carbocycles. The summed E-state index contributed by atoms with van der Waals surface area (Å²) < 4.78 is 18.3. The van der Waals surface area contributed by atoms with Crippen LogP contribution in [0.3, 0.4) is 0 Å². The van der Waals surface area contributed by atoms with E-state index in [1.807, 2.05) is 13.8 Å². The number of carbonyl (C=O) groups excluding carboxylic acids is 1. The molecule has 1 heterocycles. The molecule has 24 heavy (non-hydrogen) atoms. The standard InChI is InChI=1S/C18H26FNO4/c1-17(2,18(23)7-9-24-10-8-18)12-20-16(22)15(11-21)13-3-5-14(19)6-4-13/h3-6,15,21,23H,7-12H2,1-2H3,(H,20,22). The van der Waals surface area contributed by atoms with E-state index in [1.165, 1.54) is 24.3 Å². The third kappa shape index (κ3) is 4.12. The number of carbonyl (C=O) groups is 1. The molecule has 134 valence electrons. The molecule has 1 atom stereocenters. The highest BCUT2D eigenvalue weighted by Gasteiger charge is 2.44. The molecule has 2 rings (SSSR count). The number of hydrogen-bond donors (Lipinski definition) is 3. The second-order valence-electron chi connectivity index (χ2n) is 7.03. The van der Waals surface area contributed by atoms with E-state index >= 15 is 0 Å². The summed E-state index contributed by atoms with van der Waals surface area (Å²) in [6.07, 6.45) is 1.05. The van der Waals surface area contributed by atoms with Crippen molar-refractivity contribution in [2.45, 2.75) is 38.2 Å². The fourth-order valence-electron chi connectivity index (χ4n) is 3.02. The highest BCUT2D eigenvalue weighted by atomic mass is 19.1. The molecule has 5 nitrogen and oxygen atoms in total. The van der Waals surface area contributed by atoms with Crippen LogP contribution in [0.5, 0.6) is 0 Å². The molecule has 6 heteroatoms. The SMILES string of the molecule is CC(C)(CNC(=O)C(CO)c1ccc(F)cc1)C1(O)CCOCC1. The number of ether oxygens (including phenoxy) is 1. The van der Waals surface area contributed by atoms with E-state index in [0.29, 0.717) is 31.6 Å². The van der Waals surface area contributed by atoms with Gasteiger partial charge in [-0.2, -0.15) is 0 Å². The van der Waals surface area contributed by atoms with Crippen LogP contribution in [0.25, 0.3) is 0 Å². The maximum absolute atomic E-state index is 13.0. The minimum Gasteiger partial charge on any atom is -0.395 e. The summed E-state index contributed by atoms with van der Waals surface area (Å²) in [7, 11) is 0. The Morgan fingerprint density at radius 3 is 2.46 bits per heavy atom. The lowest BCUT2D eigenvalue weighted by molar-refractivity contribution is -0.137. The number of aliphatic hydroxyl groups excluding tert-OH is 1. The molecule has 1 aliphatic heterocycles. The van der Waals surface area contributed by atoms with Crippen LogP contribution in [0, 0.1) is 11.2 Å². The Kier molecular flexibility index (Phi) is 5.96. The molecule has 0 aromatic heterocycles. The molecule has 0 saturated carbocycles. The fraction of sp³-hybridized carbons (Fsp3) is 0.611. The van der Waals surface area contributed by atoms with Gasteiger partial charge in [-0.3, -0.25) is 4.79 Å². The Labute approximate surface area is 141 Å². The number of benzene rings is 1. The predicted molar refractivity (Wildman–Crippen MR) is 88.0 cm³/mol. The Morgan fingerprint density at radius 2 is 1.92 bits per heavy atom. The van der Waals surface area contributed by atoms with Crippen molar-refractivity contribution in [3.63, 3.8) is 0 Å². The minimum absolute atomic E-state index is 0.278. The molecule has 1 saturated heterocycles. The molecular formula is C18H26FNO4. The fourth-order valence-corrected chi connectivity index (χ4v) is 3.02. The van der Waals surface area contributed by atoms with Crippen molar-refractivity contribution in [1.82, 2.24) is 5.32 Å². The highest BCUT2D eigenvalue weighted by molar-refractivity contribution is 5.83. The van der Waals surface area contributed by atoms with Gasteiger partial charge < -0.3 is 20.3 Å². The third-order valence-corrected chi connectivity index (χ3v) is 5.06. The Hall–Kier alpha value is -1.50. The normalized spacial score (nSPS) is 18.9. The van der Waals surface area contributed by atoms with Gasteiger partial charge in [0.2, 0.25) is 5.91 Å². The van der Waals surface area contributed by atoms with E-state index < -0.39 is 22.8 Å². The van der Waals surface area contributed by atoms with Crippen molar-refractivity contribution < 1.29 is 24.1 Å². The van der Waals surface area contributed by atoms with Gasteiger partial charge in [-0.05, 0) is 17.7 Å². The largest absolute Gasteiger partial charge is 0.395 e. The van der Waals surface area contributed by atoms with Gasteiger partial charge >= 0.3 is 0 Å². The molecule has 1 aromatic carbocycles. The monoisotopic (exact) mass is 339 g/mol. The first-order valence-electron chi connectivity index (χ1n) is 8.23. The van der Waals surface area contributed by atoms with Crippen LogP contribution in [0.1, 0.15) is 38.2 Å². The summed E-state index contributed by atoms with van der Waals surface area (Å²) in [6.45, 7) is 4.73. The molecule has 1 aromatic rings. The molecule has 0 radical (unpaired) electrons. The van der Waals surface area contributed by atoms with Crippen molar-refractivity contribution in [3.05, 3.63) is 35.6 Å². The van der Waals surface area contributed by atoms with E-state index in [4.69, 9.17) is 4.74 Å². The number of aliphatic hydroxyl groups is 2. The van der Waals surface area contributed by atoms with Gasteiger partial charge in [-0.1, -0.05) is 26.0 Å². The number of nitrogens with one attached hydrogen (secondary N) is 1. The van der Waals surface area contributed by atoms with Gasteiger partial charge in [-0.15, -0.1) is 0 Å². The lowest BCUT2D eigenvalue weighted by Gasteiger charge is -2.45. The van der Waals surface area contributed by atoms with E-state index in [-0.39, 0.29) is 19.1 Å². The van der Waals surface area contributed by atoms with Gasteiger partial charge in [0.15, 0.2) is 0 Å². The Balaban J connectivity index is 2.01. The van der Waals surface area contributed by atoms with Gasteiger partial charge in [0, 0.05) is 38.0 Å². The first-order chi connectivity index (χ1) is 11.3. The minimum atomic E-state index is -0.900. The van der Waals surface area contributed by atoms with Crippen LogP contribution in [0.15, 0.2) is 24.3 Å². The zero-order valence-corrected chi connectivity index (χ0v) is 14.2. The molecule has 1 amide bonds. The van der Waals surface area contributed by atoms with E-state index in [9.17, 15) is 19.4 Å². The molecule has 0 bridgehead atoms. The molecule has 1 unspecified atom stereocenters. The number of halogens is 1.